The molecule has 0 atom stereocenters. The Balaban J connectivity index is 3.43. The van der Waals surface area contributed by atoms with Gasteiger partial charge in [0.25, 0.3) is 0 Å². The predicted octanol–water partition coefficient (Wildman–Crippen LogP) is -1.01. The minimum atomic E-state index is -0.246. The van der Waals surface area contributed by atoms with Crippen molar-refractivity contribution in [3.05, 3.63) is 12.3 Å². The summed E-state index contributed by atoms with van der Waals surface area (Å²) in [6.07, 6.45) is 2.96. The molecule has 0 rings (SSSR count). The smallest absolute Gasteiger partial charge is 0.245 e. The summed E-state index contributed by atoms with van der Waals surface area (Å²) >= 11 is 0. The van der Waals surface area contributed by atoms with Crippen LogP contribution in [0, 0.1) is 0 Å². The minimum absolute atomic E-state index is 0.246. The van der Waals surface area contributed by atoms with Crippen LogP contribution in [0.1, 0.15) is 0 Å². The highest BCUT2D eigenvalue weighted by Crippen LogP contribution is 1.64. The summed E-state index contributed by atoms with van der Waals surface area (Å²) in [5, 5.41) is 4.53. The fraction of sp³-hybridized carbons (Fsp3) is 0.200. The Labute approximate surface area is 52.9 Å². The lowest BCUT2D eigenvalue weighted by Crippen LogP contribution is -2.15. The van der Waals surface area contributed by atoms with E-state index in [-0.39, 0.29) is 5.91 Å². The normalized spacial score (nSPS) is 9.00. The van der Waals surface area contributed by atoms with Gasteiger partial charge >= 0.3 is 0 Å². The Kier molecular flexibility index (Phi) is 4.12. The maximum atomic E-state index is 10.3. The molecule has 0 aliphatic carbocycles. The highest BCUT2D eigenvalue weighted by atomic mass is 16.1. The topological polar surface area (TPSA) is 58.2 Å². The molecule has 0 aromatic rings. The fourth-order valence-corrected chi connectivity index (χ4v) is 0.246. The van der Waals surface area contributed by atoms with Crippen LogP contribution in [0.5, 0.6) is 0 Å². The van der Waals surface area contributed by atoms with Gasteiger partial charge in [0.15, 0.2) is 0 Å². The molecule has 50 valence electrons. The van der Waals surface area contributed by atoms with Crippen molar-refractivity contribution in [2.45, 2.75) is 0 Å². The molecule has 0 fully saturated rings. The van der Waals surface area contributed by atoms with E-state index in [2.05, 4.69) is 10.6 Å². The Bertz CT molecular complexity index is 131. The van der Waals surface area contributed by atoms with Crippen LogP contribution in [0.4, 0.5) is 0 Å². The first-order valence-electron chi connectivity index (χ1n) is 2.39. The summed E-state index contributed by atoms with van der Waals surface area (Å²) in [5.41, 5.74) is 0. The molecule has 2 N–H and O–H groups in total. The quantitative estimate of drug-likeness (QED) is 0.378. The number of likely N-dealkylation sites (N-methyl/N-ethyl adjacent to an activating group) is 1. The molecular weight excluding hydrogens is 120 g/mol. The molecule has 0 aliphatic heterocycles. The van der Waals surface area contributed by atoms with Crippen LogP contribution >= 0.6 is 0 Å². The second kappa shape index (κ2) is 4.83. The SMILES string of the molecule is CNC(=O)C=CNC=O. The first-order valence-corrected chi connectivity index (χ1v) is 2.39. The summed E-state index contributed by atoms with van der Waals surface area (Å²) < 4.78 is 0. The van der Waals surface area contributed by atoms with Crippen molar-refractivity contribution in [2.75, 3.05) is 7.05 Å². The highest BCUT2D eigenvalue weighted by molar-refractivity contribution is 5.87. The second-order valence-electron chi connectivity index (χ2n) is 1.23. The molecule has 0 saturated carbocycles. The summed E-state index contributed by atoms with van der Waals surface area (Å²) in [7, 11) is 1.51. The van der Waals surface area contributed by atoms with E-state index in [1.807, 2.05) is 0 Å². The van der Waals surface area contributed by atoms with Crippen LogP contribution in [0.3, 0.4) is 0 Å². The van der Waals surface area contributed by atoms with Gasteiger partial charge in [0.1, 0.15) is 0 Å². The average Bonchev–Trinajstić information content (AvgIpc) is 1.89. The highest BCUT2D eigenvalue weighted by Gasteiger charge is 1.83. The zero-order chi connectivity index (χ0) is 7.11. The largest absolute Gasteiger partial charge is 0.356 e. The Morgan fingerprint density at radius 3 is 2.67 bits per heavy atom. The van der Waals surface area contributed by atoms with Crippen molar-refractivity contribution in [3.63, 3.8) is 0 Å². The van der Waals surface area contributed by atoms with E-state index in [1.165, 1.54) is 19.3 Å². The third-order valence-corrected chi connectivity index (χ3v) is 0.645. The molecule has 0 aromatic heterocycles. The number of hydrogen-bond acceptors (Lipinski definition) is 2. The van der Waals surface area contributed by atoms with E-state index < -0.39 is 0 Å². The molecule has 0 radical (unpaired) electrons. The van der Waals surface area contributed by atoms with Crippen molar-refractivity contribution >= 4 is 12.3 Å². The van der Waals surface area contributed by atoms with E-state index in [4.69, 9.17) is 0 Å². The van der Waals surface area contributed by atoms with Gasteiger partial charge in [-0.05, 0) is 0 Å². The van der Waals surface area contributed by atoms with Gasteiger partial charge in [-0.25, -0.2) is 0 Å². The molecule has 0 aliphatic rings. The van der Waals surface area contributed by atoms with Crippen molar-refractivity contribution < 1.29 is 9.59 Å². The van der Waals surface area contributed by atoms with Crippen LogP contribution in [0.15, 0.2) is 12.3 Å². The molecule has 0 aromatic carbocycles. The van der Waals surface area contributed by atoms with E-state index in [1.54, 1.807) is 0 Å². The number of rotatable bonds is 3. The number of carbonyl (C=O) groups excluding carboxylic acids is 2. The van der Waals surface area contributed by atoms with Gasteiger partial charge in [0.2, 0.25) is 12.3 Å². The van der Waals surface area contributed by atoms with Gasteiger partial charge in [-0.1, -0.05) is 0 Å². The Hall–Kier alpha value is -1.32. The van der Waals surface area contributed by atoms with Crippen LogP contribution in [-0.4, -0.2) is 19.4 Å². The minimum Gasteiger partial charge on any atom is -0.356 e. The monoisotopic (exact) mass is 128 g/mol. The molecule has 0 saturated heterocycles. The zero-order valence-electron chi connectivity index (χ0n) is 5.05. The third kappa shape index (κ3) is 4.53. The van der Waals surface area contributed by atoms with Crippen LogP contribution < -0.4 is 10.6 Å². The van der Waals surface area contributed by atoms with Gasteiger partial charge in [-0.2, -0.15) is 0 Å². The molecule has 0 unspecified atom stereocenters. The fourth-order valence-electron chi connectivity index (χ4n) is 0.246. The average molecular weight is 128 g/mol. The maximum absolute atomic E-state index is 10.3. The molecule has 4 heteroatoms. The van der Waals surface area contributed by atoms with Crippen molar-refractivity contribution in [3.8, 4) is 0 Å². The zero-order valence-corrected chi connectivity index (χ0v) is 5.05. The summed E-state index contributed by atoms with van der Waals surface area (Å²) in [5.74, 6) is -0.246. The van der Waals surface area contributed by atoms with E-state index in [0.29, 0.717) is 6.41 Å². The summed E-state index contributed by atoms with van der Waals surface area (Å²) in [6, 6.07) is 0. The van der Waals surface area contributed by atoms with Crippen LogP contribution in [0.25, 0.3) is 0 Å². The molecule has 4 nitrogen and oxygen atoms in total. The Morgan fingerprint density at radius 2 is 2.22 bits per heavy atom. The van der Waals surface area contributed by atoms with Gasteiger partial charge in [-0.15, -0.1) is 0 Å². The standard InChI is InChI=1S/C5H8N2O2/c1-6-5(9)2-3-7-4-8/h2-4H,1H3,(H,6,9)(H,7,8). The molecule has 0 spiro atoms. The summed E-state index contributed by atoms with van der Waals surface area (Å²) in [6.45, 7) is 0. The number of carbonyl (C=O) groups is 2. The number of hydrogen-bond donors (Lipinski definition) is 2. The lowest BCUT2D eigenvalue weighted by Gasteiger charge is -1.87. The van der Waals surface area contributed by atoms with Gasteiger partial charge in [0.05, 0.1) is 0 Å². The van der Waals surface area contributed by atoms with E-state index in [9.17, 15) is 9.59 Å². The van der Waals surface area contributed by atoms with E-state index >= 15 is 0 Å². The number of amides is 2. The lowest BCUT2D eigenvalue weighted by molar-refractivity contribution is -0.116. The van der Waals surface area contributed by atoms with E-state index in [0.717, 1.165) is 0 Å². The molecule has 9 heavy (non-hydrogen) atoms. The van der Waals surface area contributed by atoms with Crippen LogP contribution in [0.2, 0.25) is 0 Å². The van der Waals surface area contributed by atoms with Crippen molar-refractivity contribution in [2.24, 2.45) is 0 Å². The maximum Gasteiger partial charge on any atom is 0.245 e. The van der Waals surface area contributed by atoms with Crippen molar-refractivity contribution in [1.29, 1.82) is 0 Å². The van der Waals surface area contributed by atoms with Gasteiger partial charge < -0.3 is 10.6 Å². The first kappa shape index (κ1) is 7.68. The van der Waals surface area contributed by atoms with Crippen LogP contribution in [-0.2, 0) is 9.59 Å². The number of nitrogens with one attached hydrogen (secondary N) is 2. The lowest BCUT2D eigenvalue weighted by atomic mass is 10.6. The predicted molar refractivity (Wildman–Crippen MR) is 32.4 cm³/mol. The molecule has 0 bridgehead atoms. The first-order chi connectivity index (χ1) is 4.31. The summed E-state index contributed by atoms with van der Waals surface area (Å²) in [4.78, 5) is 19.9. The van der Waals surface area contributed by atoms with Crippen molar-refractivity contribution in [1.82, 2.24) is 10.6 Å². The Morgan fingerprint density at radius 1 is 1.56 bits per heavy atom. The second-order valence-corrected chi connectivity index (χ2v) is 1.23. The molecule has 0 heterocycles. The third-order valence-electron chi connectivity index (χ3n) is 0.645. The molecule has 2 amide bonds. The molecular formula is C5H8N2O2. The van der Waals surface area contributed by atoms with Gasteiger partial charge in [0, 0.05) is 19.3 Å². The van der Waals surface area contributed by atoms with Gasteiger partial charge in [-0.3, -0.25) is 9.59 Å².